The van der Waals surface area contributed by atoms with Crippen LogP contribution in [0.2, 0.25) is 5.02 Å². The Balaban J connectivity index is 2.00. The van der Waals surface area contributed by atoms with Gasteiger partial charge in [0.25, 0.3) is 0 Å². The lowest BCUT2D eigenvalue weighted by Gasteiger charge is -2.24. The van der Waals surface area contributed by atoms with E-state index in [1.54, 1.807) is 0 Å². The van der Waals surface area contributed by atoms with Crippen molar-refractivity contribution in [2.24, 2.45) is 10.5 Å². The zero-order valence-corrected chi connectivity index (χ0v) is 14.0. The predicted molar refractivity (Wildman–Crippen MR) is 94.6 cm³/mol. The van der Waals surface area contributed by atoms with Gasteiger partial charge in [-0.1, -0.05) is 62.7 Å². The molecule has 1 heterocycles. The van der Waals surface area contributed by atoms with Crippen LogP contribution in [-0.4, -0.2) is 5.71 Å². The van der Waals surface area contributed by atoms with Gasteiger partial charge >= 0.3 is 0 Å². The van der Waals surface area contributed by atoms with Crippen LogP contribution < -0.4 is 5.01 Å². The normalized spacial score (nSPS) is 18.5. The summed E-state index contributed by atoms with van der Waals surface area (Å²) in [6.45, 7) is 6.66. The van der Waals surface area contributed by atoms with E-state index in [0.717, 1.165) is 17.1 Å². The van der Waals surface area contributed by atoms with Gasteiger partial charge in [0.05, 0.1) is 11.7 Å². The second-order valence-electron chi connectivity index (χ2n) is 6.75. The third-order valence-electron chi connectivity index (χ3n) is 4.05. The highest BCUT2D eigenvalue weighted by Crippen LogP contribution is 2.39. The smallest absolute Gasteiger partial charge is 0.0828 e. The maximum Gasteiger partial charge on any atom is 0.0828 e. The van der Waals surface area contributed by atoms with Crippen LogP contribution in [0.25, 0.3) is 0 Å². The minimum absolute atomic E-state index is 0.0776. The van der Waals surface area contributed by atoms with Gasteiger partial charge in [-0.3, -0.25) is 5.01 Å². The molecule has 0 saturated carbocycles. The first kappa shape index (κ1) is 15.1. The minimum atomic E-state index is 0.0776. The number of anilines is 1. The molecular formula is C19H21ClN2. The van der Waals surface area contributed by atoms with Crippen molar-refractivity contribution in [3.05, 3.63) is 65.2 Å². The van der Waals surface area contributed by atoms with Crippen molar-refractivity contribution in [2.75, 3.05) is 5.01 Å². The van der Waals surface area contributed by atoms with Gasteiger partial charge in [0.1, 0.15) is 0 Å². The number of hydrazone groups is 1. The number of hydrogen-bond acceptors (Lipinski definition) is 2. The first-order valence-electron chi connectivity index (χ1n) is 7.63. The predicted octanol–water partition coefficient (Wildman–Crippen LogP) is 5.69. The number of halogens is 1. The highest BCUT2D eigenvalue weighted by atomic mass is 35.5. The summed E-state index contributed by atoms with van der Waals surface area (Å²) in [7, 11) is 0. The highest BCUT2D eigenvalue weighted by molar-refractivity contribution is 6.30. The molecule has 1 aliphatic rings. The fraction of sp³-hybridized carbons (Fsp3) is 0.316. The number of benzene rings is 2. The Morgan fingerprint density at radius 2 is 1.64 bits per heavy atom. The third-order valence-corrected chi connectivity index (χ3v) is 4.30. The first-order valence-corrected chi connectivity index (χ1v) is 8.00. The molecule has 2 nitrogen and oxygen atoms in total. The largest absolute Gasteiger partial charge is 0.258 e. The summed E-state index contributed by atoms with van der Waals surface area (Å²) in [6.07, 6.45) is 0.944. The Morgan fingerprint density at radius 1 is 1.00 bits per heavy atom. The SMILES string of the molecule is CC(C)(C)C1=NN(c2ccccc2)C(c2ccc(Cl)cc2)C1. The fourth-order valence-electron chi connectivity index (χ4n) is 2.73. The maximum atomic E-state index is 6.03. The van der Waals surface area contributed by atoms with E-state index >= 15 is 0 Å². The van der Waals surface area contributed by atoms with Crippen LogP contribution >= 0.6 is 11.6 Å². The molecule has 1 unspecified atom stereocenters. The van der Waals surface area contributed by atoms with Gasteiger partial charge in [0.15, 0.2) is 0 Å². The topological polar surface area (TPSA) is 15.6 Å². The molecule has 0 amide bonds. The molecule has 1 aliphatic heterocycles. The fourth-order valence-corrected chi connectivity index (χ4v) is 2.85. The molecule has 2 aromatic rings. The minimum Gasteiger partial charge on any atom is -0.258 e. The lowest BCUT2D eigenvalue weighted by Crippen LogP contribution is -2.19. The van der Waals surface area contributed by atoms with E-state index in [4.69, 9.17) is 16.7 Å². The summed E-state index contributed by atoms with van der Waals surface area (Å²) < 4.78 is 0. The van der Waals surface area contributed by atoms with Gasteiger partial charge in [0.2, 0.25) is 0 Å². The molecule has 0 aliphatic carbocycles. The van der Waals surface area contributed by atoms with E-state index < -0.39 is 0 Å². The highest BCUT2D eigenvalue weighted by Gasteiger charge is 2.34. The van der Waals surface area contributed by atoms with Crippen LogP contribution in [0.1, 0.15) is 38.8 Å². The number of rotatable bonds is 2. The molecule has 0 aromatic heterocycles. The van der Waals surface area contributed by atoms with Crippen LogP contribution in [0.5, 0.6) is 0 Å². The lowest BCUT2D eigenvalue weighted by molar-refractivity contribution is 0.579. The van der Waals surface area contributed by atoms with Crippen molar-refractivity contribution in [3.63, 3.8) is 0 Å². The summed E-state index contributed by atoms with van der Waals surface area (Å²) in [4.78, 5) is 0. The van der Waals surface area contributed by atoms with E-state index in [0.29, 0.717) is 0 Å². The first-order chi connectivity index (χ1) is 10.4. The molecule has 0 fully saturated rings. The zero-order chi connectivity index (χ0) is 15.7. The molecule has 0 spiro atoms. The quantitative estimate of drug-likeness (QED) is 0.695. The number of para-hydroxylation sites is 1. The standard InChI is InChI=1S/C19H21ClN2/c1-19(2,3)18-13-17(14-9-11-15(20)12-10-14)22(21-18)16-7-5-4-6-8-16/h4-12,17H,13H2,1-3H3. The maximum absolute atomic E-state index is 6.03. The van der Waals surface area contributed by atoms with E-state index in [1.807, 2.05) is 18.2 Å². The van der Waals surface area contributed by atoms with Gasteiger partial charge in [0, 0.05) is 22.6 Å². The molecule has 0 radical (unpaired) electrons. The lowest BCUT2D eigenvalue weighted by atomic mass is 9.86. The molecule has 3 heteroatoms. The summed E-state index contributed by atoms with van der Waals surface area (Å²) in [5, 5.41) is 7.84. The summed E-state index contributed by atoms with van der Waals surface area (Å²) in [5.41, 5.74) is 3.68. The Hall–Kier alpha value is -1.80. The third kappa shape index (κ3) is 3.02. The van der Waals surface area contributed by atoms with E-state index in [2.05, 4.69) is 62.2 Å². The van der Waals surface area contributed by atoms with Gasteiger partial charge < -0.3 is 0 Å². The molecule has 3 rings (SSSR count). The van der Waals surface area contributed by atoms with Crippen LogP contribution in [0.4, 0.5) is 5.69 Å². The van der Waals surface area contributed by atoms with Crippen molar-refractivity contribution in [3.8, 4) is 0 Å². The molecule has 2 aromatic carbocycles. The summed E-state index contributed by atoms with van der Waals surface area (Å²) in [5.74, 6) is 0. The molecule has 1 atom stereocenters. The summed E-state index contributed by atoms with van der Waals surface area (Å²) >= 11 is 6.03. The van der Waals surface area contributed by atoms with Crippen LogP contribution in [0.3, 0.4) is 0 Å². The molecule has 0 N–H and O–H groups in total. The van der Waals surface area contributed by atoms with Gasteiger partial charge in [-0.15, -0.1) is 0 Å². The molecule has 0 bridgehead atoms. The van der Waals surface area contributed by atoms with Crippen molar-refractivity contribution >= 4 is 23.0 Å². The van der Waals surface area contributed by atoms with Crippen LogP contribution in [0.15, 0.2) is 59.7 Å². The van der Waals surface area contributed by atoms with Crippen LogP contribution in [0, 0.1) is 5.41 Å². The average Bonchev–Trinajstić information content (AvgIpc) is 2.94. The van der Waals surface area contributed by atoms with Crippen molar-refractivity contribution in [2.45, 2.75) is 33.2 Å². The van der Waals surface area contributed by atoms with E-state index in [9.17, 15) is 0 Å². The average molecular weight is 313 g/mol. The number of nitrogens with zero attached hydrogens (tertiary/aromatic N) is 2. The summed E-state index contributed by atoms with van der Waals surface area (Å²) in [6, 6.07) is 18.7. The Kier molecular flexibility index (Phi) is 3.96. The Morgan fingerprint density at radius 3 is 2.23 bits per heavy atom. The monoisotopic (exact) mass is 312 g/mol. The second-order valence-corrected chi connectivity index (χ2v) is 7.18. The van der Waals surface area contributed by atoms with Gasteiger partial charge in [-0.25, -0.2) is 0 Å². The molecule has 22 heavy (non-hydrogen) atoms. The van der Waals surface area contributed by atoms with Crippen molar-refractivity contribution in [1.29, 1.82) is 0 Å². The van der Waals surface area contributed by atoms with E-state index in [-0.39, 0.29) is 11.5 Å². The van der Waals surface area contributed by atoms with Crippen molar-refractivity contribution < 1.29 is 0 Å². The molecular weight excluding hydrogens is 292 g/mol. The van der Waals surface area contributed by atoms with Gasteiger partial charge in [-0.2, -0.15) is 5.10 Å². The van der Waals surface area contributed by atoms with Crippen molar-refractivity contribution in [1.82, 2.24) is 0 Å². The Bertz CT molecular complexity index is 669. The molecule has 0 saturated heterocycles. The van der Waals surface area contributed by atoms with Crippen LogP contribution in [-0.2, 0) is 0 Å². The van der Waals surface area contributed by atoms with Gasteiger partial charge in [-0.05, 0) is 29.8 Å². The number of hydrogen-bond donors (Lipinski definition) is 0. The van der Waals surface area contributed by atoms with E-state index in [1.165, 1.54) is 11.3 Å². The second kappa shape index (κ2) is 5.77. The molecule has 114 valence electrons. The Labute approximate surface area is 137 Å². The zero-order valence-electron chi connectivity index (χ0n) is 13.3.